The molecule has 160 valence electrons. The van der Waals surface area contributed by atoms with E-state index < -0.39 is 9.84 Å². The first-order valence-corrected chi connectivity index (χ1v) is 12.4. The maximum absolute atomic E-state index is 13.4. The van der Waals surface area contributed by atoms with Crippen molar-refractivity contribution in [2.24, 2.45) is 0 Å². The second-order valence-electron chi connectivity index (χ2n) is 8.55. The maximum Gasteiger partial charge on any atom is 0.278 e. The van der Waals surface area contributed by atoms with Crippen LogP contribution in [0.1, 0.15) is 39.6 Å². The van der Waals surface area contributed by atoms with Gasteiger partial charge in [0.15, 0.2) is 15.5 Å². The fourth-order valence-corrected chi connectivity index (χ4v) is 6.24. The number of sulfone groups is 1. The van der Waals surface area contributed by atoms with Gasteiger partial charge in [-0.05, 0) is 61.6 Å². The van der Waals surface area contributed by atoms with Crippen molar-refractivity contribution in [3.05, 3.63) is 70.9 Å². The van der Waals surface area contributed by atoms with Gasteiger partial charge in [0.1, 0.15) is 0 Å². The lowest BCUT2D eigenvalue weighted by Gasteiger charge is -2.16. The highest BCUT2D eigenvalue weighted by molar-refractivity contribution is 7.91. The minimum absolute atomic E-state index is 0.0622. The molecule has 0 unspecified atom stereocenters. The van der Waals surface area contributed by atoms with Gasteiger partial charge in [0.05, 0.1) is 23.2 Å². The number of rotatable bonds is 3. The topological polar surface area (TPSA) is 72.3 Å². The van der Waals surface area contributed by atoms with Gasteiger partial charge in [0.2, 0.25) is 0 Å². The highest BCUT2D eigenvalue weighted by atomic mass is 32.2. The maximum atomic E-state index is 13.4. The summed E-state index contributed by atoms with van der Waals surface area (Å²) in [5.41, 5.74) is 6.51. The zero-order valence-electron chi connectivity index (χ0n) is 17.7. The van der Waals surface area contributed by atoms with E-state index in [1.54, 1.807) is 9.58 Å². The van der Waals surface area contributed by atoms with E-state index >= 15 is 0 Å². The molecule has 1 aromatic heterocycles. The van der Waals surface area contributed by atoms with Crippen molar-refractivity contribution in [2.45, 2.75) is 32.7 Å². The van der Waals surface area contributed by atoms with Crippen molar-refractivity contribution in [1.82, 2.24) is 9.78 Å². The van der Waals surface area contributed by atoms with Gasteiger partial charge in [0, 0.05) is 17.8 Å². The first-order chi connectivity index (χ1) is 14.8. The molecule has 1 atom stereocenters. The van der Waals surface area contributed by atoms with Crippen LogP contribution in [-0.2, 0) is 16.3 Å². The molecule has 2 aromatic carbocycles. The monoisotopic (exact) mass is 435 g/mol. The number of hydrogen-bond acceptors (Lipinski definition) is 4. The number of carbonyl (C=O) groups is 1. The van der Waals surface area contributed by atoms with Crippen LogP contribution in [-0.4, -0.2) is 42.2 Å². The second kappa shape index (κ2) is 7.34. The average molecular weight is 436 g/mol. The van der Waals surface area contributed by atoms with Gasteiger partial charge < -0.3 is 4.90 Å². The van der Waals surface area contributed by atoms with Crippen LogP contribution < -0.4 is 4.90 Å². The van der Waals surface area contributed by atoms with Crippen LogP contribution in [0.4, 0.5) is 5.69 Å². The number of hydrogen-bond donors (Lipinski definition) is 0. The molecule has 6 nitrogen and oxygen atoms in total. The Labute approximate surface area is 182 Å². The number of aromatic nitrogens is 2. The zero-order valence-corrected chi connectivity index (χ0v) is 18.5. The molecule has 1 fully saturated rings. The molecule has 0 N–H and O–H groups in total. The Morgan fingerprint density at radius 1 is 1.06 bits per heavy atom. The van der Waals surface area contributed by atoms with Crippen LogP contribution in [0.25, 0.3) is 11.3 Å². The lowest BCUT2D eigenvalue weighted by Crippen LogP contribution is -2.29. The van der Waals surface area contributed by atoms with Crippen LogP contribution in [0.15, 0.2) is 48.5 Å². The van der Waals surface area contributed by atoms with E-state index in [-0.39, 0.29) is 23.5 Å². The lowest BCUT2D eigenvalue weighted by atomic mass is 10.0. The summed E-state index contributed by atoms with van der Waals surface area (Å²) >= 11 is 0. The predicted octanol–water partition coefficient (Wildman–Crippen LogP) is 3.73. The van der Waals surface area contributed by atoms with Gasteiger partial charge >= 0.3 is 0 Å². The van der Waals surface area contributed by atoms with Crippen molar-refractivity contribution >= 4 is 21.4 Å². The van der Waals surface area contributed by atoms with Crippen molar-refractivity contribution in [1.29, 1.82) is 0 Å². The molecular formula is C24H25N3O3S. The molecule has 3 aromatic rings. The molecule has 0 spiro atoms. The van der Waals surface area contributed by atoms with E-state index in [4.69, 9.17) is 0 Å². The average Bonchev–Trinajstić information content (AvgIpc) is 3.45. The fourth-order valence-electron chi connectivity index (χ4n) is 4.55. The molecular weight excluding hydrogens is 410 g/mol. The smallest absolute Gasteiger partial charge is 0.278 e. The third kappa shape index (κ3) is 3.57. The third-order valence-electron chi connectivity index (χ3n) is 6.44. The standard InChI is InChI=1S/C24H25N3O3S/c1-16-7-8-19(13-17(16)2)23-14-21(25-27(23)20-10-12-31(29,30)15-20)24(28)26-11-9-18-5-3-4-6-22(18)26/h3-8,13-14,20H,9-12,15H2,1-2H3/t20-/m1/s1. The van der Waals surface area contributed by atoms with Crippen LogP contribution in [0.2, 0.25) is 0 Å². The number of carbonyl (C=O) groups excluding carboxylic acids is 1. The van der Waals surface area contributed by atoms with E-state index in [0.29, 0.717) is 18.7 Å². The van der Waals surface area contributed by atoms with E-state index in [9.17, 15) is 13.2 Å². The van der Waals surface area contributed by atoms with E-state index in [2.05, 4.69) is 18.1 Å². The number of benzene rings is 2. The quantitative estimate of drug-likeness (QED) is 0.628. The Morgan fingerprint density at radius 3 is 2.61 bits per heavy atom. The zero-order chi connectivity index (χ0) is 21.8. The molecule has 3 heterocycles. The number of para-hydroxylation sites is 1. The van der Waals surface area contributed by atoms with Gasteiger partial charge in [-0.2, -0.15) is 5.10 Å². The van der Waals surface area contributed by atoms with Crippen LogP contribution in [0.5, 0.6) is 0 Å². The second-order valence-corrected chi connectivity index (χ2v) is 10.8. The Hall–Kier alpha value is -2.93. The Bertz CT molecular complexity index is 1290. The fraction of sp³-hybridized carbons (Fsp3) is 0.333. The molecule has 1 amide bonds. The highest BCUT2D eigenvalue weighted by Crippen LogP contribution is 2.33. The largest absolute Gasteiger partial charge is 0.306 e. The van der Waals surface area contributed by atoms with Crippen molar-refractivity contribution in [3.63, 3.8) is 0 Å². The minimum Gasteiger partial charge on any atom is -0.306 e. The minimum atomic E-state index is -3.08. The molecule has 2 aliphatic heterocycles. The molecule has 0 aliphatic carbocycles. The summed E-state index contributed by atoms with van der Waals surface area (Å²) in [6.07, 6.45) is 1.34. The molecule has 1 saturated heterocycles. The predicted molar refractivity (Wildman–Crippen MR) is 121 cm³/mol. The summed E-state index contributed by atoms with van der Waals surface area (Å²) in [6.45, 7) is 4.73. The van der Waals surface area contributed by atoms with E-state index in [1.165, 1.54) is 5.56 Å². The van der Waals surface area contributed by atoms with E-state index in [1.807, 2.05) is 49.4 Å². The van der Waals surface area contributed by atoms with Gasteiger partial charge in [0.25, 0.3) is 5.91 Å². The van der Waals surface area contributed by atoms with Gasteiger partial charge in [-0.1, -0.05) is 30.3 Å². The summed E-state index contributed by atoms with van der Waals surface area (Å²) < 4.78 is 26.0. The number of aryl methyl sites for hydroxylation is 2. The SMILES string of the molecule is Cc1ccc(-c2cc(C(=O)N3CCc4ccccc43)nn2[C@@H]2CCS(=O)(=O)C2)cc1C. The summed E-state index contributed by atoms with van der Waals surface area (Å²) in [5, 5.41) is 4.66. The number of fused-ring (bicyclic) bond motifs is 1. The summed E-state index contributed by atoms with van der Waals surface area (Å²) in [6, 6.07) is 15.6. The molecule has 31 heavy (non-hydrogen) atoms. The van der Waals surface area contributed by atoms with E-state index in [0.717, 1.165) is 34.5 Å². The first-order valence-electron chi connectivity index (χ1n) is 10.6. The molecule has 5 rings (SSSR count). The Kier molecular flexibility index (Phi) is 4.73. The van der Waals surface area contributed by atoms with Gasteiger partial charge in [-0.25, -0.2) is 8.42 Å². The van der Waals surface area contributed by atoms with Gasteiger partial charge in [-0.3, -0.25) is 9.48 Å². The molecule has 0 saturated carbocycles. The van der Waals surface area contributed by atoms with Crippen molar-refractivity contribution < 1.29 is 13.2 Å². The highest BCUT2D eigenvalue weighted by Gasteiger charge is 2.33. The van der Waals surface area contributed by atoms with Crippen LogP contribution in [0, 0.1) is 13.8 Å². The lowest BCUT2D eigenvalue weighted by molar-refractivity contribution is 0.0983. The molecule has 0 radical (unpaired) electrons. The summed E-state index contributed by atoms with van der Waals surface area (Å²) in [7, 11) is -3.08. The third-order valence-corrected chi connectivity index (χ3v) is 8.19. The van der Waals surface area contributed by atoms with Crippen LogP contribution >= 0.6 is 0 Å². The molecule has 0 bridgehead atoms. The summed E-state index contributed by atoms with van der Waals surface area (Å²) in [4.78, 5) is 15.2. The number of anilines is 1. The summed E-state index contributed by atoms with van der Waals surface area (Å²) in [5.74, 6) is 0.0777. The normalized spacial score (nSPS) is 19.5. The Balaban J connectivity index is 1.58. The number of nitrogens with zero attached hydrogens (tertiary/aromatic N) is 3. The van der Waals surface area contributed by atoms with Crippen molar-refractivity contribution in [3.8, 4) is 11.3 Å². The first kappa shape index (κ1) is 20.0. The van der Waals surface area contributed by atoms with Gasteiger partial charge in [-0.15, -0.1) is 0 Å². The number of amides is 1. The molecule has 2 aliphatic rings. The van der Waals surface area contributed by atoms with Crippen LogP contribution in [0.3, 0.4) is 0 Å². The van der Waals surface area contributed by atoms with Crippen molar-refractivity contribution in [2.75, 3.05) is 23.0 Å². The Morgan fingerprint density at radius 2 is 1.87 bits per heavy atom. The molecule has 7 heteroatoms.